The van der Waals surface area contributed by atoms with Crippen LogP contribution < -0.4 is 5.32 Å². The highest BCUT2D eigenvalue weighted by Gasteiger charge is 2.38. The van der Waals surface area contributed by atoms with Crippen molar-refractivity contribution >= 4 is 35.4 Å². The minimum absolute atomic E-state index is 0.0483. The molecule has 33 heavy (non-hydrogen) atoms. The smallest absolute Gasteiger partial charge is 0.274 e. The van der Waals surface area contributed by atoms with Crippen LogP contribution in [0.3, 0.4) is 0 Å². The summed E-state index contributed by atoms with van der Waals surface area (Å²) in [7, 11) is 3.73. The van der Waals surface area contributed by atoms with E-state index in [0.29, 0.717) is 29.5 Å². The van der Waals surface area contributed by atoms with E-state index in [9.17, 15) is 10.1 Å². The second kappa shape index (κ2) is 9.86. The molecule has 1 saturated heterocycles. The van der Waals surface area contributed by atoms with E-state index in [4.69, 9.17) is 21.1 Å². The van der Waals surface area contributed by atoms with Crippen LogP contribution >= 0.6 is 11.6 Å². The maximum Gasteiger partial charge on any atom is 0.274 e. The summed E-state index contributed by atoms with van der Waals surface area (Å²) in [5.41, 5.74) is 0.520. The van der Waals surface area contributed by atoms with Gasteiger partial charge in [-0.05, 0) is 12.5 Å². The highest BCUT2D eigenvalue weighted by atomic mass is 35.5. The Hall–Kier alpha value is -3.02. The normalized spacial score (nSPS) is 24.4. The number of rotatable bonds is 7. The molecule has 1 N–H and O–H groups in total. The highest BCUT2D eigenvalue weighted by Crippen LogP contribution is 2.39. The number of ether oxygens (including phenoxy) is 2. The van der Waals surface area contributed by atoms with E-state index in [0.717, 1.165) is 6.42 Å². The Labute approximate surface area is 196 Å². The van der Waals surface area contributed by atoms with E-state index < -0.39 is 10.4 Å². The van der Waals surface area contributed by atoms with E-state index in [1.54, 1.807) is 35.8 Å². The third-order valence-electron chi connectivity index (χ3n) is 5.46. The second-order valence-corrected chi connectivity index (χ2v) is 8.43. The minimum Gasteiger partial charge on any atom is -0.370 e. The van der Waals surface area contributed by atoms with Crippen molar-refractivity contribution < 1.29 is 14.4 Å². The van der Waals surface area contributed by atoms with Crippen LogP contribution in [0.25, 0.3) is 0 Å². The molecular formula is C21H26ClN7O4. The van der Waals surface area contributed by atoms with Gasteiger partial charge in [-0.25, -0.2) is 15.0 Å². The summed E-state index contributed by atoms with van der Waals surface area (Å²) in [5, 5.41) is 14.5. The van der Waals surface area contributed by atoms with Gasteiger partial charge in [0.25, 0.3) is 5.69 Å². The Bertz CT molecular complexity index is 1070. The van der Waals surface area contributed by atoms with Gasteiger partial charge >= 0.3 is 0 Å². The van der Waals surface area contributed by atoms with Crippen LogP contribution in [0.15, 0.2) is 40.6 Å². The van der Waals surface area contributed by atoms with Gasteiger partial charge in [-0.2, -0.15) is 0 Å². The lowest BCUT2D eigenvalue weighted by Crippen LogP contribution is -2.23. The van der Waals surface area contributed by atoms with Gasteiger partial charge in [0.05, 0.1) is 42.0 Å². The fourth-order valence-corrected chi connectivity index (χ4v) is 4.11. The topological polar surface area (TPSA) is 119 Å². The number of hydrogen-bond donors (Lipinski definition) is 1. The summed E-state index contributed by atoms with van der Waals surface area (Å²) in [4.78, 5) is 25.7. The zero-order valence-corrected chi connectivity index (χ0v) is 19.3. The zero-order valence-electron chi connectivity index (χ0n) is 18.6. The molecule has 0 radical (unpaired) electrons. The lowest BCUT2D eigenvalue weighted by atomic mass is 10.1. The van der Waals surface area contributed by atoms with Crippen LogP contribution in [-0.2, 0) is 16.1 Å². The lowest BCUT2D eigenvalue weighted by molar-refractivity contribution is -0.386. The molecule has 176 valence electrons. The highest BCUT2D eigenvalue weighted by molar-refractivity contribution is 6.22. The summed E-state index contributed by atoms with van der Waals surface area (Å²) < 4.78 is 14.2. The van der Waals surface area contributed by atoms with Crippen molar-refractivity contribution in [2.75, 3.05) is 19.4 Å². The van der Waals surface area contributed by atoms with Crippen LogP contribution in [0.4, 0.5) is 11.5 Å². The van der Waals surface area contributed by atoms with Crippen LogP contribution in [0.2, 0.25) is 0 Å². The number of anilines is 1. The van der Waals surface area contributed by atoms with Gasteiger partial charge < -0.3 is 19.7 Å². The number of benzene rings is 1. The molecule has 11 nitrogen and oxygen atoms in total. The summed E-state index contributed by atoms with van der Waals surface area (Å²) in [6.07, 6.45) is 3.87. The summed E-state index contributed by atoms with van der Waals surface area (Å²) in [5.74, 6) is 1.06. The average molecular weight is 476 g/mol. The number of para-hydroxylation sites is 1. The third kappa shape index (κ3) is 5.00. The number of nitro groups is 1. The van der Waals surface area contributed by atoms with Gasteiger partial charge in [-0.15, -0.1) is 0 Å². The Kier molecular flexibility index (Phi) is 6.91. The number of aromatic nitrogens is 2. The first kappa shape index (κ1) is 23.1. The predicted molar refractivity (Wildman–Crippen MR) is 125 cm³/mol. The van der Waals surface area contributed by atoms with E-state index in [-0.39, 0.29) is 30.7 Å². The van der Waals surface area contributed by atoms with E-state index in [1.807, 2.05) is 25.6 Å². The molecular weight excluding hydrogens is 450 g/mol. The summed E-state index contributed by atoms with van der Waals surface area (Å²) in [6, 6.07) is 6.59. The Morgan fingerprint density at radius 3 is 2.97 bits per heavy atom. The van der Waals surface area contributed by atoms with Crippen molar-refractivity contribution in [3.8, 4) is 0 Å². The molecule has 0 aliphatic carbocycles. The van der Waals surface area contributed by atoms with E-state index in [1.165, 1.54) is 6.07 Å². The van der Waals surface area contributed by atoms with Gasteiger partial charge in [0.15, 0.2) is 5.50 Å². The predicted octanol–water partition coefficient (Wildman–Crippen LogP) is 3.68. The quantitative estimate of drug-likeness (QED) is 0.162. The number of hydrogen-bond acceptors (Lipinski definition) is 8. The molecule has 2 aromatic rings. The molecule has 2 aliphatic heterocycles. The van der Waals surface area contributed by atoms with Crippen molar-refractivity contribution in [3.05, 3.63) is 52.0 Å². The van der Waals surface area contributed by atoms with Gasteiger partial charge in [0.1, 0.15) is 17.7 Å². The Morgan fingerprint density at radius 2 is 2.24 bits per heavy atom. The van der Waals surface area contributed by atoms with Gasteiger partial charge in [-0.1, -0.05) is 30.7 Å². The van der Waals surface area contributed by atoms with Crippen molar-refractivity contribution in [1.29, 1.82) is 0 Å². The van der Waals surface area contributed by atoms with E-state index in [2.05, 4.69) is 20.3 Å². The van der Waals surface area contributed by atoms with Crippen molar-refractivity contribution in [1.82, 2.24) is 14.5 Å². The summed E-state index contributed by atoms with van der Waals surface area (Å²) in [6.45, 7) is 2.15. The fourth-order valence-electron chi connectivity index (χ4n) is 3.86. The molecule has 4 rings (SSSR count). The second-order valence-electron chi connectivity index (χ2n) is 8.02. The molecule has 0 bridgehead atoms. The van der Waals surface area contributed by atoms with Crippen molar-refractivity contribution in [3.63, 3.8) is 0 Å². The lowest BCUT2D eigenvalue weighted by Gasteiger charge is -2.21. The number of nitrogens with one attached hydrogen (secondary N) is 1. The number of aliphatic imine (C=N–C) groups is 2. The van der Waals surface area contributed by atoms with Crippen LogP contribution in [0.5, 0.6) is 0 Å². The number of imidazole rings is 1. The molecule has 0 amide bonds. The number of nitrogens with zero attached hydrogens (tertiary/aromatic N) is 6. The SMILES string of the molecule is CCC1OC(n2cnc3c2NC(N=CN(C)C)=NC3Cl)CC1OCc1ccccc1[N+](=O)[O-]. The van der Waals surface area contributed by atoms with Crippen molar-refractivity contribution in [2.24, 2.45) is 9.98 Å². The molecule has 2 aliphatic rings. The molecule has 0 spiro atoms. The number of nitro benzene ring substituents is 1. The van der Waals surface area contributed by atoms with Gasteiger partial charge in [0, 0.05) is 26.6 Å². The maximum absolute atomic E-state index is 11.3. The van der Waals surface area contributed by atoms with E-state index >= 15 is 0 Å². The Morgan fingerprint density at radius 1 is 1.45 bits per heavy atom. The molecule has 3 heterocycles. The molecule has 1 aromatic carbocycles. The average Bonchev–Trinajstić information content (AvgIpc) is 3.40. The van der Waals surface area contributed by atoms with Gasteiger partial charge in [0.2, 0.25) is 5.96 Å². The molecule has 1 fully saturated rings. The maximum atomic E-state index is 11.3. The standard InChI is InChI=1S/C21H26ClN7O4/c1-4-15-16(32-10-13-7-5-6-8-14(13)29(30)31)9-17(33-15)28-12-23-18-19(22)25-21(26-20(18)28)24-11-27(2)3/h5-8,11-12,15-17,19H,4,9-10H2,1-3H3,(H,25,26). The molecule has 4 unspecified atom stereocenters. The van der Waals surface area contributed by atoms with Crippen LogP contribution in [0.1, 0.15) is 42.8 Å². The molecule has 12 heteroatoms. The third-order valence-corrected chi connectivity index (χ3v) is 5.76. The molecule has 4 atom stereocenters. The molecule has 1 aromatic heterocycles. The summed E-state index contributed by atoms with van der Waals surface area (Å²) >= 11 is 6.41. The number of guanidine groups is 1. The van der Waals surface area contributed by atoms with Gasteiger partial charge in [-0.3, -0.25) is 14.7 Å². The fraction of sp³-hybridized carbons (Fsp3) is 0.476. The first-order valence-electron chi connectivity index (χ1n) is 10.6. The first-order valence-corrected chi connectivity index (χ1v) is 11.1. The molecule has 0 saturated carbocycles. The number of halogens is 1. The first-order chi connectivity index (χ1) is 15.9. The monoisotopic (exact) mass is 475 g/mol. The van der Waals surface area contributed by atoms with Crippen molar-refractivity contribution in [2.45, 2.75) is 50.3 Å². The number of alkyl halides is 1. The van der Waals surface area contributed by atoms with Crippen LogP contribution in [-0.4, -0.2) is 58.0 Å². The number of fused-ring (bicyclic) bond motifs is 1. The zero-order chi connectivity index (χ0) is 23.5. The minimum atomic E-state index is -0.661. The Balaban J connectivity index is 1.49. The largest absolute Gasteiger partial charge is 0.370 e. The van der Waals surface area contributed by atoms with Crippen LogP contribution in [0, 0.1) is 10.1 Å².